The van der Waals surface area contributed by atoms with E-state index in [1.807, 2.05) is 30.3 Å². The van der Waals surface area contributed by atoms with Gasteiger partial charge in [0.15, 0.2) is 5.78 Å². The zero-order chi connectivity index (χ0) is 13.0. The van der Waals surface area contributed by atoms with Crippen LogP contribution < -0.4 is 5.73 Å². The molecule has 0 aliphatic rings. The van der Waals surface area contributed by atoms with E-state index in [4.69, 9.17) is 10.5 Å². The van der Waals surface area contributed by atoms with Gasteiger partial charge in [-0.25, -0.2) is 0 Å². The smallest absolute Gasteiger partial charge is 0.181 e. The Morgan fingerprint density at radius 3 is 3.00 bits per heavy atom. The van der Waals surface area contributed by atoms with Crippen molar-refractivity contribution in [2.45, 2.75) is 12.5 Å². The maximum absolute atomic E-state index is 12.1. The molecule has 1 aromatic heterocycles. The van der Waals surface area contributed by atoms with Crippen molar-refractivity contribution in [2.24, 2.45) is 5.73 Å². The number of fused-ring (bicyclic) bond motifs is 1. The highest BCUT2D eigenvalue weighted by atomic mass is 16.5. The molecule has 4 heteroatoms. The maximum Gasteiger partial charge on any atom is 0.181 e. The summed E-state index contributed by atoms with van der Waals surface area (Å²) in [5.41, 5.74) is 7.25. The third kappa shape index (κ3) is 2.72. The number of nitrogens with zero attached hydrogens (tertiary/aromatic N) is 1. The van der Waals surface area contributed by atoms with Crippen molar-refractivity contribution in [1.82, 2.24) is 4.98 Å². The van der Waals surface area contributed by atoms with Crippen molar-refractivity contribution in [2.75, 3.05) is 13.7 Å². The average molecular weight is 244 g/mol. The molecule has 1 atom stereocenters. The molecular weight excluding hydrogens is 228 g/mol. The Balaban J connectivity index is 2.22. The molecule has 0 radical (unpaired) electrons. The van der Waals surface area contributed by atoms with Crippen LogP contribution in [0, 0.1) is 0 Å². The van der Waals surface area contributed by atoms with Crippen LogP contribution in [-0.2, 0) is 4.74 Å². The SMILES string of the molecule is COCCC(N)C(=O)c1cnc2ccccc2c1. The molecule has 0 bridgehead atoms. The van der Waals surface area contributed by atoms with Crippen LogP contribution >= 0.6 is 0 Å². The van der Waals surface area contributed by atoms with Crippen molar-refractivity contribution in [1.29, 1.82) is 0 Å². The number of hydrogen-bond donors (Lipinski definition) is 1. The summed E-state index contributed by atoms with van der Waals surface area (Å²) >= 11 is 0. The molecule has 0 spiro atoms. The van der Waals surface area contributed by atoms with Crippen LogP contribution in [-0.4, -0.2) is 30.5 Å². The zero-order valence-electron chi connectivity index (χ0n) is 10.3. The van der Waals surface area contributed by atoms with Crippen LogP contribution in [0.3, 0.4) is 0 Å². The summed E-state index contributed by atoms with van der Waals surface area (Å²) in [4.78, 5) is 16.3. The number of carbonyl (C=O) groups is 1. The molecule has 2 rings (SSSR count). The standard InChI is InChI=1S/C14H16N2O2/c1-18-7-6-12(15)14(17)11-8-10-4-2-3-5-13(10)16-9-11/h2-5,8-9,12H,6-7,15H2,1H3. The van der Waals surface area contributed by atoms with E-state index in [0.717, 1.165) is 10.9 Å². The highest BCUT2D eigenvalue weighted by Crippen LogP contribution is 2.14. The Bertz CT molecular complexity index is 554. The van der Waals surface area contributed by atoms with Gasteiger partial charge in [-0.2, -0.15) is 0 Å². The third-order valence-corrected chi connectivity index (χ3v) is 2.84. The lowest BCUT2D eigenvalue weighted by Crippen LogP contribution is -2.31. The third-order valence-electron chi connectivity index (χ3n) is 2.84. The summed E-state index contributed by atoms with van der Waals surface area (Å²) in [6.45, 7) is 0.480. The van der Waals surface area contributed by atoms with Gasteiger partial charge in [0.2, 0.25) is 0 Å². The van der Waals surface area contributed by atoms with Gasteiger partial charge in [0, 0.05) is 30.9 Å². The van der Waals surface area contributed by atoms with E-state index in [-0.39, 0.29) is 5.78 Å². The Morgan fingerprint density at radius 2 is 2.22 bits per heavy atom. The van der Waals surface area contributed by atoms with E-state index in [0.29, 0.717) is 18.6 Å². The minimum absolute atomic E-state index is 0.0923. The number of nitrogens with two attached hydrogens (primary N) is 1. The van der Waals surface area contributed by atoms with Crippen molar-refractivity contribution in [3.63, 3.8) is 0 Å². The van der Waals surface area contributed by atoms with Gasteiger partial charge in [-0.05, 0) is 18.6 Å². The maximum atomic E-state index is 12.1. The molecule has 18 heavy (non-hydrogen) atoms. The number of pyridine rings is 1. The van der Waals surface area contributed by atoms with Gasteiger partial charge in [0.05, 0.1) is 11.6 Å². The number of ketones is 1. The van der Waals surface area contributed by atoms with Gasteiger partial charge < -0.3 is 10.5 Å². The Hall–Kier alpha value is -1.78. The Kier molecular flexibility index (Phi) is 4.02. The number of rotatable bonds is 5. The number of benzene rings is 1. The molecule has 0 amide bonds. The molecule has 1 unspecified atom stereocenters. The molecule has 0 saturated carbocycles. The van der Waals surface area contributed by atoms with Crippen molar-refractivity contribution in [3.8, 4) is 0 Å². The molecule has 4 nitrogen and oxygen atoms in total. The van der Waals surface area contributed by atoms with E-state index in [1.54, 1.807) is 13.3 Å². The quantitative estimate of drug-likeness (QED) is 0.814. The topological polar surface area (TPSA) is 65.2 Å². The molecule has 94 valence electrons. The summed E-state index contributed by atoms with van der Waals surface area (Å²) < 4.78 is 4.92. The molecule has 0 aliphatic carbocycles. The fourth-order valence-electron chi connectivity index (χ4n) is 1.80. The van der Waals surface area contributed by atoms with E-state index in [2.05, 4.69) is 4.98 Å². The normalized spacial score (nSPS) is 12.6. The van der Waals surface area contributed by atoms with E-state index in [1.165, 1.54) is 0 Å². The molecule has 0 aliphatic heterocycles. The minimum Gasteiger partial charge on any atom is -0.385 e. The first kappa shape index (κ1) is 12.7. The van der Waals surface area contributed by atoms with Crippen LogP contribution in [0.5, 0.6) is 0 Å². The molecule has 0 saturated heterocycles. The average Bonchev–Trinajstić information content (AvgIpc) is 2.43. The first-order valence-corrected chi connectivity index (χ1v) is 5.86. The van der Waals surface area contributed by atoms with E-state index >= 15 is 0 Å². The Labute approximate surface area is 106 Å². The highest BCUT2D eigenvalue weighted by Gasteiger charge is 2.16. The van der Waals surface area contributed by atoms with E-state index in [9.17, 15) is 4.79 Å². The molecular formula is C14H16N2O2. The fourth-order valence-corrected chi connectivity index (χ4v) is 1.80. The predicted molar refractivity (Wildman–Crippen MR) is 70.5 cm³/mol. The van der Waals surface area contributed by atoms with Crippen LogP contribution in [0.1, 0.15) is 16.8 Å². The molecule has 2 aromatic rings. The number of carbonyl (C=O) groups excluding carboxylic acids is 1. The summed E-state index contributed by atoms with van der Waals surface area (Å²) in [5.74, 6) is -0.0923. The monoisotopic (exact) mass is 244 g/mol. The van der Waals surface area contributed by atoms with Crippen LogP contribution in [0.15, 0.2) is 36.5 Å². The second-order valence-corrected chi connectivity index (χ2v) is 4.17. The number of Topliss-reactive ketones (excluding diaryl/α,β-unsaturated/α-hetero) is 1. The highest BCUT2D eigenvalue weighted by molar-refractivity contribution is 6.02. The lowest BCUT2D eigenvalue weighted by atomic mass is 10.0. The summed E-state index contributed by atoms with van der Waals surface area (Å²) in [7, 11) is 1.59. The van der Waals surface area contributed by atoms with E-state index < -0.39 is 6.04 Å². The first-order chi connectivity index (χ1) is 8.72. The number of para-hydroxylation sites is 1. The summed E-state index contributed by atoms with van der Waals surface area (Å²) in [5, 5.41) is 0.947. The summed E-state index contributed by atoms with van der Waals surface area (Å²) in [6.07, 6.45) is 2.10. The van der Waals surface area contributed by atoms with Crippen molar-refractivity contribution >= 4 is 16.7 Å². The largest absolute Gasteiger partial charge is 0.385 e. The molecule has 1 heterocycles. The fraction of sp³-hybridized carbons (Fsp3) is 0.286. The van der Waals surface area contributed by atoms with Gasteiger partial charge in [-0.15, -0.1) is 0 Å². The van der Waals surface area contributed by atoms with Gasteiger partial charge in [0.25, 0.3) is 0 Å². The molecule has 0 fully saturated rings. The zero-order valence-corrected chi connectivity index (χ0v) is 10.3. The lowest BCUT2D eigenvalue weighted by molar-refractivity contribution is 0.0935. The second kappa shape index (κ2) is 5.71. The number of ether oxygens (including phenoxy) is 1. The minimum atomic E-state index is -0.534. The molecule has 1 aromatic carbocycles. The molecule has 2 N–H and O–H groups in total. The van der Waals surface area contributed by atoms with Crippen LogP contribution in [0.4, 0.5) is 0 Å². The summed E-state index contributed by atoms with van der Waals surface area (Å²) in [6, 6.07) is 8.98. The van der Waals surface area contributed by atoms with Crippen molar-refractivity contribution in [3.05, 3.63) is 42.1 Å². The van der Waals surface area contributed by atoms with Crippen molar-refractivity contribution < 1.29 is 9.53 Å². The number of aromatic nitrogens is 1. The van der Waals surface area contributed by atoms with Crippen LogP contribution in [0.25, 0.3) is 10.9 Å². The van der Waals surface area contributed by atoms with Crippen LogP contribution in [0.2, 0.25) is 0 Å². The van der Waals surface area contributed by atoms with Gasteiger partial charge in [-0.1, -0.05) is 18.2 Å². The lowest BCUT2D eigenvalue weighted by Gasteiger charge is -2.10. The van der Waals surface area contributed by atoms with Gasteiger partial charge in [-0.3, -0.25) is 9.78 Å². The predicted octanol–water partition coefficient (Wildman–Crippen LogP) is 1.78. The number of hydrogen-bond acceptors (Lipinski definition) is 4. The Morgan fingerprint density at radius 1 is 1.44 bits per heavy atom. The van der Waals surface area contributed by atoms with Gasteiger partial charge >= 0.3 is 0 Å². The van der Waals surface area contributed by atoms with Gasteiger partial charge in [0.1, 0.15) is 0 Å². The second-order valence-electron chi connectivity index (χ2n) is 4.17. The number of methoxy groups -OCH3 is 1. The first-order valence-electron chi connectivity index (χ1n) is 5.86.